The monoisotopic (exact) mass is 317 g/mol. The van der Waals surface area contributed by atoms with Gasteiger partial charge in [-0.2, -0.15) is 0 Å². The van der Waals surface area contributed by atoms with Crippen LogP contribution in [0.4, 0.5) is 0 Å². The van der Waals surface area contributed by atoms with E-state index in [2.05, 4.69) is 0 Å². The molecule has 0 aromatic carbocycles. The van der Waals surface area contributed by atoms with Crippen molar-refractivity contribution in [1.29, 1.82) is 0 Å². The zero-order valence-electron chi connectivity index (χ0n) is 12.1. The van der Waals surface area contributed by atoms with Gasteiger partial charge in [-0.15, -0.1) is 0 Å². The van der Waals surface area contributed by atoms with Crippen LogP contribution >= 0.6 is 0 Å². The number of hydrogen-bond acceptors (Lipinski definition) is 6. The Morgan fingerprint density at radius 1 is 0.591 bits per heavy atom. The maximum atomic E-state index is 10.6. The van der Waals surface area contributed by atoms with Gasteiger partial charge in [-0.3, -0.25) is 29.0 Å². The zero-order chi connectivity index (χ0) is 15.7. The summed E-state index contributed by atoms with van der Waals surface area (Å²) in [5, 5.41) is 34.5. The van der Waals surface area contributed by atoms with E-state index in [0.717, 1.165) is 9.80 Å². The fraction of sp³-hybridized carbons (Fsp3) is 0.600. The van der Waals surface area contributed by atoms with Gasteiger partial charge in [0.05, 0.1) is 26.2 Å². The molecule has 0 unspecified atom stereocenters. The predicted octanol–water partition coefficient (Wildman–Crippen LogP) is -5.89. The molecular weight excluding hydrogens is 299 g/mol. The molecule has 0 radical (unpaired) electrons. The van der Waals surface area contributed by atoms with Crippen LogP contribution in [0.15, 0.2) is 0 Å². The molecule has 0 saturated heterocycles. The van der Waals surface area contributed by atoms with Gasteiger partial charge in [0.1, 0.15) is 0 Å². The van der Waals surface area contributed by atoms with E-state index in [1.807, 2.05) is 0 Å². The van der Waals surface area contributed by atoms with Gasteiger partial charge in [0.25, 0.3) is 0 Å². The number of carboxylic acids is 4. The Morgan fingerprint density at radius 2 is 0.773 bits per heavy atom. The van der Waals surface area contributed by atoms with Crippen molar-refractivity contribution in [2.75, 3.05) is 39.3 Å². The van der Waals surface area contributed by atoms with E-state index in [-0.39, 0.29) is 37.4 Å². The molecule has 0 rings (SSSR count). The standard InChI is InChI=1S/C10H16N2O8.Li.H2O/c13-7(14)3-11(4-8(15)16)1-2-12(5-9(17)18)6-10(19)20;;/h1-6H2,(H,13,14)(H,15,16)(H,17,18)(H,19,20);;1H2/q;+1;. The normalized spacial score (nSPS) is 9.73. The molecule has 0 aromatic heterocycles. The van der Waals surface area contributed by atoms with Crippen molar-refractivity contribution in [3.05, 3.63) is 0 Å². The van der Waals surface area contributed by atoms with Gasteiger partial charge >= 0.3 is 42.7 Å². The maximum Gasteiger partial charge on any atom is 1.00 e. The van der Waals surface area contributed by atoms with E-state index in [1.165, 1.54) is 0 Å². The fourth-order valence-electron chi connectivity index (χ4n) is 1.48. The zero-order valence-corrected chi connectivity index (χ0v) is 12.1. The van der Waals surface area contributed by atoms with Gasteiger partial charge in [-0.25, -0.2) is 0 Å². The minimum Gasteiger partial charge on any atom is -0.480 e. The van der Waals surface area contributed by atoms with Crippen molar-refractivity contribution < 1.29 is 63.9 Å². The molecule has 0 heterocycles. The number of hydrogen-bond donors (Lipinski definition) is 4. The molecular formula is C10H18LiN2O9+. The second kappa shape index (κ2) is 13.1. The Kier molecular flexibility index (Phi) is 15.0. The van der Waals surface area contributed by atoms with E-state index >= 15 is 0 Å². The van der Waals surface area contributed by atoms with E-state index in [4.69, 9.17) is 20.4 Å². The fourth-order valence-corrected chi connectivity index (χ4v) is 1.48. The first-order valence-electron chi connectivity index (χ1n) is 5.52. The second-order valence-electron chi connectivity index (χ2n) is 4.00. The average Bonchev–Trinajstić information content (AvgIpc) is 2.22. The number of carboxylic acid groups (broad SMARTS) is 4. The van der Waals surface area contributed by atoms with E-state index in [9.17, 15) is 19.2 Å². The first-order chi connectivity index (χ1) is 9.20. The Bertz CT molecular complexity index is 323. The Morgan fingerprint density at radius 3 is 0.909 bits per heavy atom. The Labute approximate surface area is 137 Å². The number of rotatable bonds is 11. The molecule has 0 aliphatic carbocycles. The molecule has 6 N–H and O–H groups in total. The molecule has 12 heteroatoms. The minimum absolute atomic E-state index is 0. The molecule has 11 nitrogen and oxygen atoms in total. The van der Waals surface area contributed by atoms with Crippen molar-refractivity contribution in [3.8, 4) is 0 Å². The smallest absolute Gasteiger partial charge is 0.480 e. The van der Waals surface area contributed by atoms with Crippen LogP contribution in [0.25, 0.3) is 0 Å². The molecule has 0 spiro atoms. The Hall–Kier alpha value is -1.64. The summed E-state index contributed by atoms with van der Waals surface area (Å²) in [6.07, 6.45) is 0. The first-order valence-corrected chi connectivity index (χ1v) is 5.52. The van der Waals surface area contributed by atoms with Crippen LogP contribution in [-0.2, 0) is 19.2 Å². The molecule has 0 aliphatic rings. The summed E-state index contributed by atoms with van der Waals surface area (Å²) in [6.45, 7) is -2.25. The predicted molar refractivity (Wildman–Crippen MR) is 67.0 cm³/mol. The van der Waals surface area contributed by atoms with Crippen LogP contribution in [-0.4, -0.2) is 98.8 Å². The largest absolute Gasteiger partial charge is 1.00 e. The number of carbonyl (C=O) groups is 4. The summed E-state index contributed by atoms with van der Waals surface area (Å²) < 4.78 is 0. The molecule has 0 aromatic rings. The van der Waals surface area contributed by atoms with Gasteiger partial charge in [-0.05, 0) is 0 Å². The molecule has 0 atom stereocenters. The SMILES string of the molecule is O.O=C(O)CN(CCN(CC(=O)O)CC(=O)O)CC(=O)O.[Li+]. The maximum absolute atomic E-state index is 10.6. The molecule has 122 valence electrons. The summed E-state index contributed by atoms with van der Waals surface area (Å²) in [4.78, 5) is 44.4. The molecule has 0 saturated carbocycles. The molecule has 0 amide bonds. The average molecular weight is 317 g/mol. The van der Waals surface area contributed by atoms with Crippen molar-refractivity contribution in [2.45, 2.75) is 0 Å². The van der Waals surface area contributed by atoms with Crippen LogP contribution < -0.4 is 18.9 Å². The van der Waals surface area contributed by atoms with Crippen LogP contribution in [0.2, 0.25) is 0 Å². The van der Waals surface area contributed by atoms with Crippen LogP contribution in [0.5, 0.6) is 0 Å². The summed E-state index contributed by atoms with van der Waals surface area (Å²) in [6, 6.07) is 0. The molecule has 0 fully saturated rings. The first kappa shape index (κ1) is 25.3. The van der Waals surface area contributed by atoms with Crippen molar-refractivity contribution in [2.24, 2.45) is 0 Å². The van der Waals surface area contributed by atoms with Crippen molar-refractivity contribution >= 4 is 23.9 Å². The quantitative estimate of drug-likeness (QED) is 0.267. The van der Waals surface area contributed by atoms with Crippen LogP contribution in [0, 0.1) is 0 Å². The summed E-state index contributed by atoms with van der Waals surface area (Å²) in [7, 11) is 0. The third-order valence-electron chi connectivity index (χ3n) is 2.17. The van der Waals surface area contributed by atoms with Gasteiger partial charge in [0.15, 0.2) is 0 Å². The van der Waals surface area contributed by atoms with E-state index < -0.39 is 50.1 Å². The van der Waals surface area contributed by atoms with E-state index in [1.54, 1.807) is 0 Å². The van der Waals surface area contributed by atoms with Crippen molar-refractivity contribution in [1.82, 2.24) is 9.80 Å². The van der Waals surface area contributed by atoms with Gasteiger partial charge in [-0.1, -0.05) is 0 Å². The van der Waals surface area contributed by atoms with Gasteiger partial charge in [0.2, 0.25) is 0 Å². The summed E-state index contributed by atoms with van der Waals surface area (Å²) >= 11 is 0. The minimum atomic E-state index is -1.23. The molecule has 0 aliphatic heterocycles. The van der Waals surface area contributed by atoms with Gasteiger partial charge < -0.3 is 25.9 Å². The Balaban J connectivity index is -0.00000180. The van der Waals surface area contributed by atoms with E-state index in [0.29, 0.717) is 0 Å². The molecule has 22 heavy (non-hydrogen) atoms. The van der Waals surface area contributed by atoms with Crippen LogP contribution in [0.1, 0.15) is 0 Å². The third-order valence-corrected chi connectivity index (χ3v) is 2.17. The van der Waals surface area contributed by atoms with Crippen LogP contribution in [0.3, 0.4) is 0 Å². The third kappa shape index (κ3) is 14.8. The number of aliphatic carboxylic acids is 4. The second-order valence-corrected chi connectivity index (χ2v) is 4.00. The molecule has 0 bridgehead atoms. The topological polar surface area (TPSA) is 187 Å². The van der Waals surface area contributed by atoms with Gasteiger partial charge in [0, 0.05) is 13.1 Å². The number of nitrogens with zero attached hydrogens (tertiary/aromatic N) is 2. The summed E-state index contributed by atoms with van der Waals surface area (Å²) in [5.74, 6) is -4.91. The van der Waals surface area contributed by atoms with Crippen molar-refractivity contribution in [3.63, 3.8) is 0 Å². The summed E-state index contributed by atoms with van der Waals surface area (Å²) in [5.41, 5.74) is 0.